The van der Waals surface area contributed by atoms with Crippen molar-refractivity contribution in [3.63, 3.8) is 0 Å². The largest absolute Gasteiger partial charge is 0.480 e. The van der Waals surface area contributed by atoms with Gasteiger partial charge in [-0.05, 0) is 44.9 Å². The molecule has 0 rings (SSSR count). The number of nitrogens with two attached hydrogens (primary N) is 1. The monoisotopic (exact) mass is 645 g/mol. The van der Waals surface area contributed by atoms with E-state index in [9.17, 15) is 23.8 Å². The van der Waals surface area contributed by atoms with Gasteiger partial charge in [0.25, 0.3) is 0 Å². The van der Waals surface area contributed by atoms with Crippen LogP contribution < -0.4 is 5.73 Å². The number of phosphoric ester groups is 1. The molecule has 0 radical (unpaired) electrons. The number of aliphatic carboxylic acids is 1. The molecule has 0 bridgehead atoms. The molecule has 3 unspecified atom stereocenters. The first-order valence-electron chi connectivity index (χ1n) is 16.0. The summed E-state index contributed by atoms with van der Waals surface area (Å²) in [5, 5.41) is 8.81. The smallest absolute Gasteiger partial charge is 0.472 e. The number of unbranched alkanes of at least 4 members (excludes halogenated alkanes) is 9. The van der Waals surface area contributed by atoms with Gasteiger partial charge in [0, 0.05) is 12.8 Å². The van der Waals surface area contributed by atoms with Crippen LogP contribution in [0.2, 0.25) is 0 Å². The third kappa shape index (κ3) is 27.3. The highest BCUT2D eigenvalue weighted by molar-refractivity contribution is 7.47. The molecule has 254 valence electrons. The summed E-state index contributed by atoms with van der Waals surface area (Å²) in [6.07, 6.45) is 25.4. The lowest BCUT2D eigenvalue weighted by Gasteiger charge is -2.20. The van der Waals surface area contributed by atoms with E-state index in [2.05, 4.69) is 54.8 Å². The maximum absolute atomic E-state index is 12.4. The summed E-state index contributed by atoms with van der Waals surface area (Å²) in [7, 11) is -4.70. The van der Waals surface area contributed by atoms with Crippen molar-refractivity contribution in [2.24, 2.45) is 5.73 Å². The number of ether oxygens (including phenoxy) is 2. The van der Waals surface area contributed by atoms with Crippen LogP contribution in [0.15, 0.2) is 36.5 Å². The number of hydrogen-bond acceptors (Lipinski definition) is 9. The summed E-state index contributed by atoms with van der Waals surface area (Å²) in [6, 6.07) is -1.52. The first-order chi connectivity index (χ1) is 21.1. The maximum atomic E-state index is 12.4. The minimum absolute atomic E-state index is 0.126. The molecule has 0 spiro atoms. The Morgan fingerprint density at radius 2 is 1.27 bits per heavy atom. The fraction of sp³-hybridized carbons (Fsp3) is 0.719. The summed E-state index contributed by atoms with van der Waals surface area (Å²) in [4.78, 5) is 45.3. The third-order valence-electron chi connectivity index (χ3n) is 6.40. The predicted octanol–water partition coefficient (Wildman–Crippen LogP) is 6.94. The number of phosphoric acid groups is 1. The molecule has 0 amide bonds. The minimum Gasteiger partial charge on any atom is -0.480 e. The van der Waals surface area contributed by atoms with E-state index in [1.807, 2.05) is 0 Å². The van der Waals surface area contributed by atoms with Gasteiger partial charge in [-0.3, -0.25) is 23.4 Å². The van der Waals surface area contributed by atoms with Gasteiger partial charge in [-0.15, -0.1) is 0 Å². The molecule has 0 aromatic heterocycles. The van der Waals surface area contributed by atoms with E-state index in [-0.39, 0.29) is 19.4 Å². The van der Waals surface area contributed by atoms with Crippen molar-refractivity contribution >= 4 is 25.7 Å². The average Bonchev–Trinajstić information content (AvgIpc) is 2.99. The van der Waals surface area contributed by atoms with Gasteiger partial charge < -0.3 is 25.2 Å². The highest BCUT2D eigenvalue weighted by Crippen LogP contribution is 2.43. The fourth-order valence-electron chi connectivity index (χ4n) is 3.84. The van der Waals surface area contributed by atoms with Gasteiger partial charge in [0.05, 0.1) is 13.2 Å². The highest BCUT2D eigenvalue weighted by Gasteiger charge is 2.28. The highest BCUT2D eigenvalue weighted by atomic mass is 31.2. The Bertz CT molecular complexity index is 905. The van der Waals surface area contributed by atoms with Crippen molar-refractivity contribution in [1.29, 1.82) is 0 Å². The number of allylic oxidation sites excluding steroid dienone is 6. The molecule has 3 atom stereocenters. The van der Waals surface area contributed by atoms with E-state index in [1.54, 1.807) is 0 Å². The van der Waals surface area contributed by atoms with Crippen LogP contribution in [0.1, 0.15) is 117 Å². The molecule has 0 aromatic rings. The zero-order chi connectivity index (χ0) is 32.9. The van der Waals surface area contributed by atoms with Gasteiger partial charge >= 0.3 is 25.7 Å². The Hall–Kier alpha value is -2.30. The first kappa shape index (κ1) is 41.7. The van der Waals surface area contributed by atoms with Crippen molar-refractivity contribution in [2.75, 3.05) is 19.8 Å². The summed E-state index contributed by atoms with van der Waals surface area (Å²) in [5.74, 6) is -2.43. The van der Waals surface area contributed by atoms with Gasteiger partial charge in [-0.2, -0.15) is 0 Å². The number of rotatable bonds is 29. The van der Waals surface area contributed by atoms with E-state index in [0.29, 0.717) is 12.8 Å². The average molecular weight is 646 g/mol. The first-order valence-corrected chi connectivity index (χ1v) is 17.5. The molecular weight excluding hydrogens is 589 g/mol. The van der Waals surface area contributed by atoms with Crippen LogP contribution >= 0.6 is 7.82 Å². The molecule has 0 fully saturated rings. The lowest BCUT2D eigenvalue weighted by molar-refractivity contribution is -0.161. The number of carbonyl (C=O) groups is 3. The van der Waals surface area contributed by atoms with E-state index in [4.69, 9.17) is 24.8 Å². The van der Waals surface area contributed by atoms with Gasteiger partial charge in [-0.1, -0.05) is 95.2 Å². The van der Waals surface area contributed by atoms with Crippen molar-refractivity contribution in [2.45, 2.75) is 129 Å². The summed E-state index contributed by atoms with van der Waals surface area (Å²) < 4.78 is 32.3. The molecule has 4 N–H and O–H groups in total. The molecule has 12 heteroatoms. The second-order valence-corrected chi connectivity index (χ2v) is 12.0. The summed E-state index contributed by atoms with van der Waals surface area (Å²) >= 11 is 0. The van der Waals surface area contributed by atoms with Crippen LogP contribution in [-0.4, -0.2) is 59.9 Å². The van der Waals surface area contributed by atoms with Crippen LogP contribution in [0.5, 0.6) is 0 Å². The van der Waals surface area contributed by atoms with Gasteiger partial charge in [0.2, 0.25) is 0 Å². The normalized spacial score (nSPS) is 14.6. The van der Waals surface area contributed by atoms with E-state index in [1.165, 1.54) is 19.3 Å². The second kappa shape index (κ2) is 28.2. The summed E-state index contributed by atoms with van der Waals surface area (Å²) in [5.41, 5.74) is 5.28. The van der Waals surface area contributed by atoms with Crippen molar-refractivity contribution < 1.29 is 47.5 Å². The zero-order valence-corrected chi connectivity index (χ0v) is 27.6. The van der Waals surface area contributed by atoms with E-state index >= 15 is 0 Å². The molecule has 0 aromatic carbocycles. The standard InChI is InChI=1S/C32H56NO10P/c1-3-5-7-9-11-12-13-14-15-16-18-20-22-24-31(35)43-28(26-41-44(38,39)42-27-29(33)32(36)37)25-40-30(34)23-21-19-17-10-8-6-4-2/h5,7,11-12,14-15,28-29H,3-4,6,8-10,13,16-27,33H2,1-2H3,(H,36,37)(H,38,39)/b7-5-,12-11-,15-14-. The van der Waals surface area contributed by atoms with Crippen LogP contribution in [0.3, 0.4) is 0 Å². The Kier molecular flexibility index (Phi) is 26.7. The number of carbonyl (C=O) groups excluding carboxylic acids is 2. The second-order valence-electron chi connectivity index (χ2n) is 10.6. The quantitative estimate of drug-likeness (QED) is 0.0333. The van der Waals surface area contributed by atoms with Crippen molar-refractivity contribution in [1.82, 2.24) is 0 Å². The molecule has 0 aliphatic rings. The number of carboxylic acid groups (broad SMARTS) is 1. The Morgan fingerprint density at radius 3 is 1.91 bits per heavy atom. The van der Waals surface area contributed by atoms with Crippen LogP contribution in [0, 0.1) is 0 Å². The van der Waals surface area contributed by atoms with Crippen LogP contribution in [0.25, 0.3) is 0 Å². The summed E-state index contributed by atoms with van der Waals surface area (Å²) in [6.45, 7) is 2.55. The van der Waals surface area contributed by atoms with Gasteiger partial charge in [0.1, 0.15) is 12.6 Å². The van der Waals surface area contributed by atoms with Gasteiger partial charge in [-0.25, -0.2) is 4.57 Å². The molecule has 44 heavy (non-hydrogen) atoms. The number of esters is 2. The maximum Gasteiger partial charge on any atom is 0.472 e. The van der Waals surface area contributed by atoms with Gasteiger partial charge in [0.15, 0.2) is 6.10 Å². The topological polar surface area (TPSA) is 172 Å². The lowest BCUT2D eigenvalue weighted by atomic mass is 10.1. The molecular formula is C32H56NO10P. The van der Waals surface area contributed by atoms with Crippen molar-refractivity contribution in [3.05, 3.63) is 36.5 Å². The van der Waals surface area contributed by atoms with Crippen molar-refractivity contribution in [3.8, 4) is 0 Å². The Balaban J connectivity index is 4.58. The SMILES string of the molecule is CC/C=C\C/C=C\C/C=C\CCCCCC(=O)OC(COC(=O)CCCCCCCCC)COP(=O)(O)OCC(N)C(=O)O. The van der Waals surface area contributed by atoms with Crippen LogP contribution in [0.4, 0.5) is 0 Å². The Morgan fingerprint density at radius 1 is 0.727 bits per heavy atom. The molecule has 0 saturated carbocycles. The molecule has 0 heterocycles. The predicted molar refractivity (Wildman–Crippen MR) is 171 cm³/mol. The number of carboxylic acids is 1. The zero-order valence-electron chi connectivity index (χ0n) is 26.7. The molecule has 11 nitrogen and oxygen atoms in total. The lowest BCUT2D eigenvalue weighted by Crippen LogP contribution is -2.34. The third-order valence-corrected chi connectivity index (χ3v) is 7.35. The molecule has 0 aliphatic heterocycles. The fourth-order valence-corrected chi connectivity index (χ4v) is 4.62. The number of hydrogen-bond donors (Lipinski definition) is 3. The minimum atomic E-state index is -4.70. The molecule has 0 aliphatic carbocycles. The van der Waals surface area contributed by atoms with Crippen LogP contribution in [-0.2, 0) is 37.5 Å². The Labute approximate surface area is 263 Å². The molecule has 0 saturated heterocycles. The van der Waals surface area contributed by atoms with E-state index in [0.717, 1.165) is 57.8 Å². The van der Waals surface area contributed by atoms with E-state index < -0.39 is 51.1 Å².